The highest BCUT2D eigenvalue weighted by Crippen LogP contribution is 2.31. The van der Waals surface area contributed by atoms with Gasteiger partial charge < -0.3 is 14.6 Å². The number of benzene rings is 2. The molecule has 3 aromatic rings. The fraction of sp³-hybridized carbons (Fsp3) is 0.263. The highest BCUT2D eigenvalue weighted by atomic mass is 35.5. The second-order valence-electron chi connectivity index (χ2n) is 6.28. The first-order chi connectivity index (χ1) is 12.6. The minimum atomic E-state index is -1.35. The van der Waals surface area contributed by atoms with Crippen molar-refractivity contribution in [3.63, 3.8) is 0 Å². The van der Waals surface area contributed by atoms with Gasteiger partial charge in [0, 0.05) is 10.6 Å². The molecule has 26 heavy (non-hydrogen) atoms. The predicted molar refractivity (Wildman–Crippen MR) is 97.2 cm³/mol. The molecule has 1 aromatic heterocycles. The number of fused-ring (bicyclic) bond motifs is 1. The Kier molecular flexibility index (Phi) is 4.42. The second kappa shape index (κ2) is 6.88. The predicted octanol–water partition coefficient (Wildman–Crippen LogP) is 4.73. The van der Waals surface area contributed by atoms with E-state index in [1.807, 2.05) is 24.3 Å². The Morgan fingerprint density at radius 3 is 2.85 bits per heavy atom. The summed E-state index contributed by atoms with van der Waals surface area (Å²) in [6, 6.07) is 10.8. The molecule has 0 aliphatic heterocycles. The summed E-state index contributed by atoms with van der Waals surface area (Å²) < 4.78 is 12.7. The van der Waals surface area contributed by atoms with Gasteiger partial charge in [-0.25, -0.2) is 4.79 Å². The molecule has 6 nitrogen and oxygen atoms in total. The highest BCUT2D eigenvalue weighted by molar-refractivity contribution is 6.30. The number of hydrogen-bond donors (Lipinski definition) is 1. The summed E-state index contributed by atoms with van der Waals surface area (Å²) in [5.74, 6) is 1.07. The molecule has 1 saturated carbocycles. The molecule has 0 radical (unpaired) electrons. The van der Waals surface area contributed by atoms with Gasteiger partial charge in [-0.3, -0.25) is 4.68 Å². The zero-order chi connectivity index (χ0) is 18.1. The molecule has 0 saturated heterocycles. The number of carbonyl (C=O) groups is 1. The number of rotatable bonds is 5. The topological polar surface area (TPSA) is 73.6 Å². The van der Waals surface area contributed by atoms with Crippen molar-refractivity contribution in [3.05, 3.63) is 53.2 Å². The van der Waals surface area contributed by atoms with Crippen LogP contribution in [0.5, 0.6) is 11.5 Å². The van der Waals surface area contributed by atoms with E-state index in [0.717, 1.165) is 29.7 Å². The van der Waals surface area contributed by atoms with E-state index in [1.54, 1.807) is 23.0 Å². The first-order valence-corrected chi connectivity index (χ1v) is 8.78. The maximum absolute atomic E-state index is 10.8. The molecule has 0 atom stereocenters. The van der Waals surface area contributed by atoms with E-state index in [1.165, 1.54) is 6.42 Å². The third-order valence-corrected chi connectivity index (χ3v) is 4.77. The van der Waals surface area contributed by atoms with E-state index in [9.17, 15) is 4.79 Å². The van der Waals surface area contributed by atoms with Crippen LogP contribution in [0.2, 0.25) is 5.02 Å². The van der Waals surface area contributed by atoms with Crippen molar-refractivity contribution in [2.24, 2.45) is 0 Å². The lowest BCUT2D eigenvalue weighted by Gasteiger charge is -2.27. The van der Waals surface area contributed by atoms with Crippen molar-refractivity contribution in [2.75, 3.05) is 0 Å². The van der Waals surface area contributed by atoms with Gasteiger partial charge in [-0.15, -0.1) is 0 Å². The summed E-state index contributed by atoms with van der Waals surface area (Å²) >= 11 is 6.17. The standard InChI is InChI=1S/C19H17ClN2O4/c20-13-7-8-17(25-14-3-1-4-14)12(9-13)11-22-16-5-2-6-18(26-19(23)24)15(16)10-21-22/h2,5-10,14H,1,3-4,11H2,(H,23,24). The fourth-order valence-corrected chi connectivity index (χ4v) is 3.20. The van der Waals surface area contributed by atoms with Crippen LogP contribution in [-0.4, -0.2) is 27.1 Å². The lowest BCUT2D eigenvalue weighted by molar-refractivity contribution is 0.119. The van der Waals surface area contributed by atoms with Gasteiger partial charge in [0.15, 0.2) is 0 Å². The van der Waals surface area contributed by atoms with Crippen LogP contribution >= 0.6 is 11.6 Å². The van der Waals surface area contributed by atoms with Gasteiger partial charge in [0.1, 0.15) is 11.5 Å². The van der Waals surface area contributed by atoms with Crippen molar-refractivity contribution in [2.45, 2.75) is 31.9 Å². The van der Waals surface area contributed by atoms with Gasteiger partial charge in [0.2, 0.25) is 0 Å². The van der Waals surface area contributed by atoms with Crippen LogP contribution in [-0.2, 0) is 6.54 Å². The molecule has 0 bridgehead atoms. The number of ether oxygens (including phenoxy) is 2. The molecular weight excluding hydrogens is 356 g/mol. The van der Waals surface area contributed by atoms with Crippen LogP contribution in [0, 0.1) is 0 Å². The molecule has 7 heteroatoms. The third-order valence-electron chi connectivity index (χ3n) is 4.53. The zero-order valence-electron chi connectivity index (χ0n) is 13.9. The normalized spacial score (nSPS) is 14.2. The largest absolute Gasteiger partial charge is 0.511 e. The summed E-state index contributed by atoms with van der Waals surface area (Å²) in [6.45, 7) is 0.461. The summed E-state index contributed by atoms with van der Waals surface area (Å²) in [4.78, 5) is 10.8. The smallest absolute Gasteiger partial charge is 0.490 e. The fourth-order valence-electron chi connectivity index (χ4n) is 3.00. The molecule has 0 amide bonds. The van der Waals surface area contributed by atoms with Crippen LogP contribution in [0.1, 0.15) is 24.8 Å². The minimum absolute atomic E-state index is 0.262. The molecule has 1 fully saturated rings. The highest BCUT2D eigenvalue weighted by Gasteiger charge is 2.21. The Morgan fingerprint density at radius 2 is 2.12 bits per heavy atom. The van der Waals surface area contributed by atoms with Gasteiger partial charge in [0.05, 0.1) is 29.7 Å². The molecular formula is C19H17ClN2O4. The lowest BCUT2D eigenvalue weighted by atomic mass is 9.96. The first-order valence-electron chi connectivity index (χ1n) is 8.40. The number of hydrogen-bond acceptors (Lipinski definition) is 4. The lowest BCUT2D eigenvalue weighted by Crippen LogP contribution is -2.25. The summed E-state index contributed by atoms with van der Waals surface area (Å²) in [5.41, 5.74) is 1.71. The summed E-state index contributed by atoms with van der Waals surface area (Å²) in [5, 5.41) is 14.5. The van der Waals surface area contributed by atoms with Crippen LogP contribution in [0.3, 0.4) is 0 Å². The van der Waals surface area contributed by atoms with E-state index in [0.29, 0.717) is 17.0 Å². The van der Waals surface area contributed by atoms with E-state index >= 15 is 0 Å². The van der Waals surface area contributed by atoms with Gasteiger partial charge in [-0.05, 0) is 49.6 Å². The molecule has 1 aliphatic carbocycles. The van der Waals surface area contributed by atoms with Gasteiger partial charge in [-0.2, -0.15) is 5.10 Å². The molecule has 0 spiro atoms. The molecule has 2 aromatic carbocycles. The molecule has 1 aliphatic rings. The third kappa shape index (κ3) is 3.32. The Bertz CT molecular complexity index is 965. The molecule has 0 unspecified atom stereocenters. The summed E-state index contributed by atoms with van der Waals surface area (Å²) in [7, 11) is 0. The minimum Gasteiger partial charge on any atom is -0.490 e. The van der Waals surface area contributed by atoms with Crippen LogP contribution in [0.25, 0.3) is 10.9 Å². The van der Waals surface area contributed by atoms with E-state index in [4.69, 9.17) is 26.2 Å². The maximum atomic E-state index is 10.8. The van der Waals surface area contributed by atoms with Gasteiger partial charge in [-0.1, -0.05) is 17.7 Å². The quantitative estimate of drug-likeness (QED) is 0.518. The maximum Gasteiger partial charge on any atom is 0.511 e. The second-order valence-corrected chi connectivity index (χ2v) is 6.72. The Morgan fingerprint density at radius 1 is 1.27 bits per heavy atom. The number of carboxylic acid groups (broad SMARTS) is 1. The molecule has 1 heterocycles. The van der Waals surface area contributed by atoms with E-state index in [-0.39, 0.29) is 11.9 Å². The van der Waals surface area contributed by atoms with Crippen LogP contribution in [0.15, 0.2) is 42.6 Å². The van der Waals surface area contributed by atoms with Crippen molar-refractivity contribution in [1.29, 1.82) is 0 Å². The van der Waals surface area contributed by atoms with Crippen LogP contribution < -0.4 is 9.47 Å². The Balaban J connectivity index is 1.67. The van der Waals surface area contributed by atoms with E-state index < -0.39 is 6.16 Å². The summed E-state index contributed by atoms with van der Waals surface area (Å²) in [6.07, 6.45) is 3.86. The first kappa shape index (κ1) is 16.7. The van der Waals surface area contributed by atoms with Crippen molar-refractivity contribution in [3.8, 4) is 11.5 Å². The molecule has 134 valence electrons. The molecule has 4 rings (SSSR count). The van der Waals surface area contributed by atoms with Crippen molar-refractivity contribution >= 4 is 28.7 Å². The van der Waals surface area contributed by atoms with E-state index in [2.05, 4.69) is 5.10 Å². The van der Waals surface area contributed by atoms with Gasteiger partial charge >= 0.3 is 6.16 Å². The van der Waals surface area contributed by atoms with Crippen molar-refractivity contribution < 1.29 is 19.4 Å². The Hall–Kier alpha value is -2.73. The van der Waals surface area contributed by atoms with Gasteiger partial charge in [0.25, 0.3) is 0 Å². The number of nitrogens with zero attached hydrogens (tertiary/aromatic N) is 2. The zero-order valence-corrected chi connectivity index (χ0v) is 14.6. The SMILES string of the molecule is O=C(O)Oc1cccc2c1cnn2Cc1cc(Cl)ccc1OC1CCC1. The average Bonchev–Trinajstić information content (AvgIpc) is 2.96. The monoisotopic (exact) mass is 372 g/mol. The Labute approximate surface area is 154 Å². The van der Waals surface area contributed by atoms with Crippen LogP contribution in [0.4, 0.5) is 4.79 Å². The molecule has 1 N–H and O–H groups in total. The average molecular weight is 373 g/mol. The number of halogens is 1. The van der Waals surface area contributed by atoms with Crippen molar-refractivity contribution in [1.82, 2.24) is 9.78 Å². The number of aromatic nitrogens is 2.